The molecule has 0 aliphatic heterocycles. The Kier molecular flexibility index (Phi) is 8.50. The summed E-state index contributed by atoms with van der Waals surface area (Å²) in [5.41, 5.74) is 3.28. The number of amides is 1. The predicted octanol–water partition coefficient (Wildman–Crippen LogP) is 4.67. The lowest BCUT2D eigenvalue weighted by Gasteiger charge is -2.11. The molecule has 0 spiro atoms. The average molecular weight is 503 g/mol. The minimum Gasteiger partial charge on any atom is -0.493 e. The van der Waals surface area contributed by atoms with E-state index < -0.39 is 16.0 Å². The van der Waals surface area contributed by atoms with Gasteiger partial charge in [-0.05, 0) is 60.5 Å². The van der Waals surface area contributed by atoms with Gasteiger partial charge in [0.05, 0.1) is 25.0 Å². The van der Waals surface area contributed by atoms with Crippen LogP contribution in [-0.4, -0.2) is 34.3 Å². The van der Waals surface area contributed by atoms with E-state index in [1.54, 1.807) is 42.5 Å². The maximum atomic E-state index is 12.4. The van der Waals surface area contributed by atoms with Gasteiger partial charge in [0, 0.05) is 5.56 Å². The zero-order valence-electron chi connectivity index (χ0n) is 18.5. The fourth-order valence-electron chi connectivity index (χ4n) is 2.79. The lowest BCUT2D eigenvalue weighted by molar-refractivity contribution is 0.0954. The van der Waals surface area contributed by atoms with Crippen molar-refractivity contribution in [2.75, 3.05) is 13.7 Å². The molecule has 3 aromatic rings. The molecule has 178 valence electrons. The van der Waals surface area contributed by atoms with Gasteiger partial charge in [-0.15, -0.1) is 0 Å². The second-order valence-electron chi connectivity index (χ2n) is 6.95. The van der Waals surface area contributed by atoms with E-state index in [1.807, 2.05) is 6.92 Å². The summed E-state index contributed by atoms with van der Waals surface area (Å²) in [6.45, 7) is 2.53. The third kappa shape index (κ3) is 6.49. The van der Waals surface area contributed by atoms with E-state index >= 15 is 0 Å². The Morgan fingerprint density at radius 2 is 1.76 bits per heavy atom. The lowest BCUT2D eigenvalue weighted by atomic mass is 10.2. The Morgan fingerprint density at radius 1 is 1.03 bits per heavy atom. The van der Waals surface area contributed by atoms with Crippen LogP contribution in [-0.2, 0) is 10.1 Å². The molecule has 0 saturated carbocycles. The summed E-state index contributed by atoms with van der Waals surface area (Å²) in [4.78, 5) is 12.4. The lowest BCUT2D eigenvalue weighted by Crippen LogP contribution is -2.17. The van der Waals surface area contributed by atoms with Crippen LogP contribution in [0.5, 0.6) is 17.2 Å². The number of hydrogen-bond acceptors (Lipinski definition) is 7. The van der Waals surface area contributed by atoms with Crippen molar-refractivity contribution in [2.45, 2.75) is 18.2 Å². The van der Waals surface area contributed by atoms with E-state index in [4.69, 9.17) is 25.3 Å². The molecule has 3 aromatic carbocycles. The van der Waals surface area contributed by atoms with E-state index in [0.29, 0.717) is 29.2 Å². The highest BCUT2D eigenvalue weighted by Crippen LogP contribution is 2.29. The number of nitrogens with one attached hydrogen (secondary N) is 1. The summed E-state index contributed by atoms with van der Waals surface area (Å²) in [5.74, 6) is 0.523. The van der Waals surface area contributed by atoms with Crippen LogP contribution in [0.3, 0.4) is 0 Å². The zero-order valence-corrected chi connectivity index (χ0v) is 20.1. The maximum Gasteiger partial charge on any atom is 0.339 e. The molecule has 1 N–H and O–H groups in total. The number of ether oxygens (including phenoxy) is 2. The Bertz CT molecular complexity index is 1280. The van der Waals surface area contributed by atoms with Gasteiger partial charge in [-0.2, -0.15) is 13.5 Å². The summed E-state index contributed by atoms with van der Waals surface area (Å²) in [5, 5.41) is 4.00. The van der Waals surface area contributed by atoms with E-state index in [1.165, 1.54) is 37.6 Å². The van der Waals surface area contributed by atoms with Gasteiger partial charge in [0.25, 0.3) is 5.91 Å². The van der Waals surface area contributed by atoms with Crippen LogP contribution < -0.4 is 19.1 Å². The Balaban J connectivity index is 1.65. The van der Waals surface area contributed by atoms with Crippen molar-refractivity contribution in [3.05, 3.63) is 82.9 Å². The van der Waals surface area contributed by atoms with Crippen molar-refractivity contribution in [3.8, 4) is 17.2 Å². The van der Waals surface area contributed by atoms with Crippen LogP contribution in [0.15, 0.2) is 76.7 Å². The summed E-state index contributed by atoms with van der Waals surface area (Å²) in [7, 11) is -2.52. The first-order valence-electron chi connectivity index (χ1n) is 10.3. The van der Waals surface area contributed by atoms with Crippen LogP contribution in [0.25, 0.3) is 0 Å². The van der Waals surface area contributed by atoms with Gasteiger partial charge < -0.3 is 13.7 Å². The first-order valence-corrected chi connectivity index (χ1v) is 12.1. The molecule has 0 heterocycles. The molecule has 0 bridgehead atoms. The number of carbonyl (C=O) groups excluding carboxylic acids is 1. The van der Waals surface area contributed by atoms with Gasteiger partial charge in [-0.3, -0.25) is 4.79 Å². The van der Waals surface area contributed by atoms with Gasteiger partial charge in [-0.1, -0.05) is 36.7 Å². The second-order valence-corrected chi connectivity index (χ2v) is 8.91. The summed E-state index contributed by atoms with van der Waals surface area (Å²) < 4.78 is 40.7. The van der Waals surface area contributed by atoms with E-state index in [0.717, 1.165) is 6.42 Å². The Labute approximate surface area is 203 Å². The smallest absolute Gasteiger partial charge is 0.339 e. The first kappa shape index (κ1) is 25.1. The molecule has 0 fully saturated rings. The van der Waals surface area contributed by atoms with Crippen LogP contribution in [0.2, 0.25) is 5.02 Å². The van der Waals surface area contributed by atoms with Crippen molar-refractivity contribution >= 4 is 33.8 Å². The molecular formula is C24H23ClN2O6S. The van der Waals surface area contributed by atoms with E-state index in [-0.39, 0.29) is 15.7 Å². The first-order chi connectivity index (χ1) is 16.3. The number of benzene rings is 3. The van der Waals surface area contributed by atoms with Crippen molar-refractivity contribution in [1.29, 1.82) is 0 Å². The van der Waals surface area contributed by atoms with E-state index in [9.17, 15) is 13.2 Å². The third-order valence-corrected chi connectivity index (χ3v) is 6.00. The molecule has 0 aliphatic carbocycles. The molecule has 0 aliphatic rings. The highest BCUT2D eigenvalue weighted by molar-refractivity contribution is 7.87. The van der Waals surface area contributed by atoms with Crippen molar-refractivity contribution in [1.82, 2.24) is 5.43 Å². The van der Waals surface area contributed by atoms with Crippen molar-refractivity contribution in [3.63, 3.8) is 0 Å². The number of hydrogen-bond donors (Lipinski definition) is 1. The van der Waals surface area contributed by atoms with Crippen molar-refractivity contribution in [2.24, 2.45) is 5.10 Å². The number of methoxy groups -OCH3 is 1. The summed E-state index contributed by atoms with van der Waals surface area (Å²) in [6, 6.07) is 17.0. The Morgan fingerprint density at radius 3 is 2.44 bits per heavy atom. The molecule has 0 unspecified atom stereocenters. The van der Waals surface area contributed by atoms with Crippen LogP contribution >= 0.6 is 11.6 Å². The van der Waals surface area contributed by atoms with Gasteiger partial charge in [0.15, 0.2) is 17.2 Å². The zero-order chi connectivity index (χ0) is 24.6. The van der Waals surface area contributed by atoms with E-state index in [2.05, 4.69) is 10.5 Å². The highest BCUT2D eigenvalue weighted by Gasteiger charge is 2.18. The number of nitrogens with zero attached hydrogens (tertiary/aromatic N) is 1. The largest absolute Gasteiger partial charge is 0.493 e. The fraction of sp³-hybridized carbons (Fsp3) is 0.167. The molecule has 3 rings (SSSR count). The molecule has 8 nitrogen and oxygen atoms in total. The molecule has 1 amide bonds. The normalized spacial score (nSPS) is 11.3. The minimum atomic E-state index is -4.02. The predicted molar refractivity (Wildman–Crippen MR) is 130 cm³/mol. The molecule has 0 radical (unpaired) electrons. The molecule has 0 atom stereocenters. The summed E-state index contributed by atoms with van der Waals surface area (Å²) >= 11 is 6.18. The molecule has 0 saturated heterocycles. The number of rotatable bonds is 10. The van der Waals surface area contributed by atoms with Crippen LogP contribution in [0.4, 0.5) is 0 Å². The van der Waals surface area contributed by atoms with Crippen molar-refractivity contribution < 1.29 is 26.9 Å². The van der Waals surface area contributed by atoms with Gasteiger partial charge in [-0.25, -0.2) is 5.43 Å². The highest BCUT2D eigenvalue weighted by atomic mass is 35.5. The molecule has 10 heteroatoms. The van der Waals surface area contributed by atoms with Crippen LogP contribution in [0.1, 0.15) is 29.3 Å². The topological polar surface area (TPSA) is 103 Å². The minimum absolute atomic E-state index is 0.0148. The standard InChI is InChI=1S/C24H23ClN2O6S/c1-3-13-32-22-12-10-18(15-23(22)31-2)24(28)27-26-16-17-9-11-21(20(25)14-17)33-34(29,30)19-7-5-4-6-8-19/h4-12,14-16H,3,13H2,1-2H3,(H,27,28)/b26-16+. The quantitative estimate of drug-likeness (QED) is 0.245. The molecule has 34 heavy (non-hydrogen) atoms. The molecule has 0 aromatic heterocycles. The number of hydrazone groups is 1. The monoisotopic (exact) mass is 502 g/mol. The Hall–Kier alpha value is -3.56. The molecular weight excluding hydrogens is 480 g/mol. The SMILES string of the molecule is CCCOc1ccc(C(=O)N/N=C/c2ccc(OS(=O)(=O)c3ccccc3)c(Cl)c2)cc1OC. The van der Waals surface area contributed by atoms with Gasteiger partial charge >= 0.3 is 10.1 Å². The number of halogens is 1. The number of carbonyl (C=O) groups is 1. The average Bonchev–Trinajstić information content (AvgIpc) is 2.84. The second kappa shape index (κ2) is 11.5. The third-order valence-electron chi connectivity index (χ3n) is 4.45. The fourth-order valence-corrected chi connectivity index (χ4v) is 4.03. The van der Waals surface area contributed by atoms with Gasteiger partial charge in [0.1, 0.15) is 4.90 Å². The summed E-state index contributed by atoms with van der Waals surface area (Å²) in [6.07, 6.45) is 2.22. The maximum absolute atomic E-state index is 12.4. The van der Waals surface area contributed by atoms with Crippen LogP contribution in [0, 0.1) is 0 Å². The van der Waals surface area contributed by atoms with Gasteiger partial charge in [0.2, 0.25) is 0 Å².